The van der Waals surface area contributed by atoms with E-state index in [1.807, 2.05) is 0 Å². The van der Waals surface area contributed by atoms with Gasteiger partial charge in [-0.05, 0) is 13.3 Å². The molecule has 0 saturated carbocycles. The van der Waals surface area contributed by atoms with E-state index in [1.54, 1.807) is 0 Å². The molecule has 1 aliphatic carbocycles. The molecule has 4 heteroatoms. The van der Waals surface area contributed by atoms with Gasteiger partial charge in [-0.2, -0.15) is 17.2 Å². The molecule has 0 heterocycles. The van der Waals surface area contributed by atoms with Crippen LogP contribution in [0.3, 0.4) is 0 Å². The summed E-state index contributed by atoms with van der Waals surface area (Å²) in [5.41, 5.74) is 4.39. The van der Waals surface area contributed by atoms with Crippen LogP contribution in [0.2, 0.25) is 0 Å². The van der Waals surface area contributed by atoms with E-state index in [4.69, 9.17) is 0 Å². The molecule has 0 aromatic heterocycles. The first-order chi connectivity index (χ1) is 10.2. The third-order valence-corrected chi connectivity index (χ3v) is 5.97. The Morgan fingerprint density at radius 1 is 1.00 bits per heavy atom. The first kappa shape index (κ1) is 26.5. The van der Waals surface area contributed by atoms with Crippen molar-refractivity contribution in [2.45, 2.75) is 34.6 Å². The summed E-state index contributed by atoms with van der Waals surface area (Å²) in [5, 5.41) is 4.26. The average molecular weight is 396 g/mol. The maximum absolute atomic E-state index is 3.44. The fraction of sp³-hybridized carbons (Fsp3) is 0.381. The Labute approximate surface area is 167 Å². The fourth-order valence-electron chi connectivity index (χ4n) is 2.80. The zero-order valence-corrected chi connectivity index (χ0v) is 18.6. The molecule has 0 spiro atoms. The molecule has 0 saturated heterocycles. The normalized spacial score (nSPS) is 14.8. The van der Waals surface area contributed by atoms with Gasteiger partial charge >= 0.3 is 21.7 Å². The first-order valence-electron chi connectivity index (χ1n) is 7.85. The SMILES string of the molecule is CC1=[C-]C(C)(C)C(C)=C1C.CP(C)c1cc2ccccc2[cH-]1.[F-].[F-].[Ti+4]. The third-order valence-electron chi connectivity index (χ3n) is 4.68. The quantitative estimate of drug-likeness (QED) is 0.363. The van der Waals surface area contributed by atoms with E-state index in [0.717, 1.165) is 0 Å². The molecular weight excluding hydrogens is 369 g/mol. The van der Waals surface area contributed by atoms with Crippen molar-refractivity contribution in [3.8, 4) is 0 Å². The van der Waals surface area contributed by atoms with E-state index in [0.29, 0.717) is 0 Å². The minimum atomic E-state index is 0. The predicted molar refractivity (Wildman–Crippen MR) is 103 cm³/mol. The van der Waals surface area contributed by atoms with Gasteiger partial charge in [-0.1, -0.05) is 39.2 Å². The van der Waals surface area contributed by atoms with Crippen molar-refractivity contribution in [3.63, 3.8) is 0 Å². The zero-order chi connectivity index (χ0) is 16.5. The van der Waals surface area contributed by atoms with E-state index >= 15 is 0 Å². The van der Waals surface area contributed by atoms with Gasteiger partial charge in [0.25, 0.3) is 0 Å². The fourth-order valence-corrected chi connectivity index (χ4v) is 3.59. The van der Waals surface area contributed by atoms with Gasteiger partial charge in [0.15, 0.2) is 0 Å². The molecule has 2 aromatic carbocycles. The van der Waals surface area contributed by atoms with E-state index < -0.39 is 0 Å². The van der Waals surface area contributed by atoms with Crippen molar-refractivity contribution in [1.29, 1.82) is 0 Å². The Bertz CT molecular complexity index is 706. The molecule has 1 aliphatic rings. The monoisotopic (exact) mass is 396 g/mol. The molecule has 0 aliphatic heterocycles. The van der Waals surface area contributed by atoms with E-state index in [-0.39, 0.29) is 44.5 Å². The summed E-state index contributed by atoms with van der Waals surface area (Å²) in [6.07, 6.45) is 3.44. The van der Waals surface area contributed by atoms with Crippen LogP contribution in [0.15, 0.2) is 53.1 Å². The Morgan fingerprint density at radius 2 is 1.56 bits per heavy atom. The van der Waals surface area contributed by atoms with Crippen LogP contribution in [0.1, 0.15) is 34.6 Å². The smallest absolute Gasteiger partial charge is 1.00 e. The van der Waals surface area contributed by atoms with Crippen LogP contribution >= 0.6 is 7.92 Å². The van der Waals surface area contributed by atoms with Crippen molar-refractivity contribution in [2.24, 2.45) is 5.41 Å². The minimum Gasteiger partial charge on any atom is -1.00 e. The second-order valence-corrected chi connectivity index (χ2v) is 9.17. The summed E-state index contributed by atoms with van der Waals surface area (Å²) in [6.45, 7) is 15.5. The van der Waals surface area contributed by atoms with Crippen LogP contribution < -0.4 is 14.7 Å². The summed E-state index contributed by atoms with van der Waals surface area (Å²) in [7, 11) is 0.0576. The Hall–Kier alpha value is -0.686. The van der Waals surface area contributed by atoms with Crippen LogP contribution in [0, 0.1) is 11.5 Å². The van der Waals surface area contributed by atoms with Gasteiger partial charge in [0.2, 0.25) is 0 Å². The molecule has 0 radical (unpaired) electrons. The average Bonchev–Trinajstić information content (AvgIpc) is 2.96. The van der Waals surface area contributed by atoms with Crippen molar-refractivity contribution in [2.75, 3.05) is 13.3 Å². The van der Waals surface area contributed by atoms with Crippen molar-refractivity contribution in [1.82, 2.24) is 0 Å². The van der Waals surface area contributed by atoms with E-state index in [1.165, 1.54) is 32.8 Å². The maximum atomic E-state index is 3.44. The first-order valence-corrected chi connectivity index (χ1v) is 10.1. The molecular formula is C21H27F2PTi. The number of hydrogen-bond acceptors (Lipinski definition) is 0. The van der Waals surface area contributed by atoms with Gasteiger partial charge in [0, 0.05) is 0 Å². The largest absolute Gasteiger partial charge is 4.00 e. The Kier molecular flexibility index (Phi) is 11.1. The summed E-state index contributed by atoms with van der Waals surface area (Å²) in [5.74, 6) is 0. The second kappa shape index (κ2) is 10.5. The number of halogens is 2. The Balaban J connectivity index is 0. The topological polar surface area (TPSA) is 0 Å². The molecule has 0 fully saturated rings. The molecule has 0 atom stereocenters. The van der Waals surface area contributed by atoms with Crippen molar-refractivity contribution in [3.05, 3.63) is 59.2 Å². The van der Waals surface area contributed by atoms with Gasteiger partial charge in [-0.3, -0.25) is 6.08 Å². The molecule has 3 rings (SSSR count). The van der Waals surface area contributed by atoms with Gasteiger partial charge in [0.05, 0.1) is 0 Å². The van der Waals surface area contributed by atoms with E-state index in [2.05, 4.69) is 90.4 Å². The van der Waals surface area contributed by atoms with Crippen molar-refractivity contribution >= 4 is 24.0 Å². The predicted octanol–water partition coefficient (Wildman–Crippen LogP) is 0.0431. The van der Waals surface area contributed by atoms with Gasteiger partial charge in [-0.15, -0.1) is 55.2 Å². The number of allylic oxidation sites excluding steroid dienone is 4. The molecule has 0 nitrogen and oxygen atoms in total. The molecule has 0 N–H and O–H groups in total. The molecule has 0 bridgehead atoms. The molecule has 0 amide bonds. The van der Waals surface area contributed by atoms with Crippen LogP contribution in [0.4, 0.5) is 0 Å². The Morgan fingerprint density at radius 3 is 1.92 bits per heavy atom. The van der Waals surface area contributed by atoms with E-state index in [9.17, 15) is 0 Å². The number of rotatable bonds is 1. The maximum Gasteiger partial charge on any atom is 4.00 e. The van der Waals surface area contributed by atoms with Gasteiger partial charge in [0.1, 0.15) is 0 Å². The number of hydrogen-bond donors (Lipinski definition) is 0. The summed E-state index contributed by atoms with van der Waals surface area (Å²) < 4.78 is 0. The molecule has 134 valence electrons. The summed E-state index contributed by atoms with van der Waals surface area (Å²) in [4.78, 5) is 0. The standard InChI is InChI=1S/C11H12P.C10H15.2FH.Ti/c1-12(2)11-7-9-5-3-4-6-10(9)8-11;1-7-6-10(4,5)9(3)8(7)2;;;/h3-8H,1-2H3;1-5H3;2*1H;/q2*-1;;;+4/p-2. The third kappa shape index (κ3) is 6.21. The summed E-state index contributed by atoms with van der Waals surface area (Å²) >= 11 is 0. The molecule has 25 heavy (non-hydrogen) atoms. The number of fused-ring (bicyclic) bond motifs is 1. The van der Waals surface area contributed by atoms with Crippen LogP contribution in [0.25, 0.3) is 10.8 Å². The van der Waals surface area contributed by atoms with Crippen molar-refractivity contribution < 1.29 is 31.1 Å². The van der Waals surface area contributed by atoms with Crippen LogP contribution in [-0.4, -0.2) is 13.3 Å². The minimum absolute atomic E-state index is 0. The van der Waals surface area contributed by atoms with Crippen LogP contribution in [-0.2, 0) is 21.7 Å². The number of benzene rings is 1. The zero-order valence-electron chi connectivity index (χ0n) is 16.2. The van der Waals surface area contributed by atoms with Gasteiger partial charge in [-0.25, -0.2) is 5.57 Å². The molecule has 0 unspecified atom stereocenters. The van der Waals surface area contributed by atoms with Crippen LogP contribution in [0.5, 0.6) is 0 Å². The van der Waals surface area contributed by atoms with Gasteiger partial charge < -0.3 is 9.41 Å². The second-order valence-electron chi connectivity index (χ2n) is 6.86. The molecule has 2 aromatic rings. The summed E-state index contributed by atoms with van der Waals surface area (Å²) in [6, 6.07) is 13.2.